The van der Waals surface area contributed by atoms with E-state index in [1.807, 2.05) is 36.4 Å². The van der Waals surface area contributed by atoms with Crippen LogP contribution in [0.2, 0.25) is 0 Å². The Hall–Kier alpha value is -3.06. The summed E-state index contributed by atoms with van der Waals surface area (Å²) >= 11 is 5.38. The van der Waals surface area contributed by atoms with Crippen LogP contribution in [0.5, 0.6) is 0 Å². The van der Waals surface area contributed by atoms with Crippen molar-refractivity contribution in [2.45, 2.75) is 25.3 Å². The molecule has 0 atom stereocenters. The van der Waals surface area contributed by atoms with Gasteiger partial charge in [0.25, 0.3) is 0 Å². The second-order valence-corrected chi connectivity index (χ2v) is 7.41. The number of anilines is 1. The summed E-state index contributed by atoms with van der Waals surface area (Å²) in [5.41, 5.74) is 2.95. The Morgan fingerprint density at radius 2 is 1.82 bits per heavy atom. The molecule has 0 aliphatic heterocycles. The predicted molar refractivity (Wildman–Crippen MR) is 113 cm³/mol. The van der Waals surface area contributed by atoms with Gasteiger partial charge in [0, 0.05) is 30.0 Å². The third-order valence-corrected chi connectivity index (χ3v) is 5.31. The topological polar surface area (TPSA) is 71.4 Å². The van der Waals surface area contributed by atoms with Crippen molar-refractivity contribution >= 4 is 29.1 Å². The van der Waals surface area contributed by atoms with Gasteiger partial charge in [-0.2, -0.15) is 5.10 Å². The molecule has 1 saturated carbocycles. The normalized spacial score (nSPS) is 13.7. The van der Waals surface area contributed by atoms with E-state index < -0.39 is 0 Å². The SMILES string of the molecule is S=c1[nH]nc(C2CC2)n1CCNc1nc(-c2ccccc2)c2ccccc2n1. The number of hydrogen-bond donors (Lipinski definition) is 2. The first-order valence-electron chi connectivity index (χ1n) is 9.51. The first-order valence-corrected chi connectivity index (χ1v) is 9.91. The monoisotopic (exact) mass is 388 g/mol. The minimum Gasteiger partial charge on any atom is -0.352 e. The molecule has 0 saturated heterocycles. The van der Waals surface area contributed by atoms with Crippen molar-refractivity contribution in [1.29, 1.82) is 0 Å². The molecule has 1 aliphatic carbocycles. The average Bonchev–Trinajstić information content (AvgIpc) is 3.52. The molecule has 1 aliphatic rings. The molecular weight excluding hydrogens is 368 g/mol. The summed E-state index contributed by atoms with van der Waals surface area (Å²) in [4.78, 5) is 9.49. The number of benzene rings is 2. The molecular formula is C21H20N6S. The van der Waals surface area contributed by atoms with E-state index in [4.69, 9.17) is 22.2 Å². The number of aromatic nitrogens is 5. The zero-order chi connectivity index (χ0) is 18.9. The Morgan fingerprint density at radius 1 is 1.04 bits per heavy atom. The highest BCUT2D eigenvalue weighted by Gasteiger charge is 2.28. The van der Waals surface area contributed by atoms with Gasteiger partial charge in [0.15, 0.2) is 4.77 Å². The van der Waals surface area contributed by atoms with Crippen molar-refractivity contribution in [1.82, 2.24) is 24.7 Å². The lowest BCUT2D eigenvalue weighted by Crippen LogP contribution is -2.14. The molecule has 0 bridgehead atoms. The van der Waals surface area contributed by atoms with Crippen molar-refractivity contribution in [2.24, 2.45) is 0 Å². The molecule has 0 amide bonds. The van der Waals surface area contributed by atoms with Gasteiger partial charge < -0.3 is 9.88 Å². The number of H-pyrrole nitrogens is 1. The van der Waals surface area contributed by atoms with Gasteiger partial charge in [-0.05, 0) is 31.1 Å². The molecule has 28 heavy (non-hydrogen) atoms. The van der Waals surface area contributed by atoms with Crippen LogP contribution >= 0.6 is 12.2 Å². The fraction of sp³-hybridized carbons (Fsp3) is 0.238. The minimum absolute atomic E-state index is 0.551. The molecule has 5 rings (SSSR count). The molecule has 2 N–H and O–H groups in total. The van der Waals surface area contributed by atoms with Crippen LogP contribution in [0.3, 0.4) is 0 Å². The highest BCUT2D eigenvalue weighted by Crippen LogP contribution is 2.38. The summed E-state index contributed by atoms with van der Waals surface area (Å²) in [6.45, 7) is 1.41. The largest absolute Gasteiger partial charge is 0.352 e. The Labute approximate surface area is 167 Å². The van der Waals surface area contributed by atoms with E-state index in [2.05, 4.69) is 38.3 Å². The van der Waals surface area contributed by atoms with Gasteiger partial charge in [0.2, 0.25) is 5.95 Å². The van der Waals surface area contributed by atoms with Crippen LogP contribution in [-0.2, 0) is 6.54 Å². The van der Waals surface area contributed by atoms with E-state index in [0.29, 0.717) is 23.2 Å². The number of hydrogen-bond acceptors (Lipinski definition) is 5. The summed E-state index contributed by atoms with van der Waals surface area (Å²) < 4.78 is 2.76. The number of nitrogens with one attached hydrogen (secondary N) is 2. The van der Waals surface area contributed by atoms with Crippen molar-refractivity contribution in [3.05, 3.63) is 65.2 Å². The molecule has 6 nitrogen and oxygen atoms in total. The summed E-state index contributed by atoms with van der Waals surface area (Å²) in [7, 11) is 0. The lowest BCUT2D eigenvalue weighted by atomic mass is 10.1. The Bertz CT molecular complexity index is 1180. The first kappa shape index (κ1) is 17.1. The van der Waals surface area contributed by atoms with Crippen molar-refractivity contribution in [3.63, 3.8) is 0 Å². The fourth-order valence-electron chi connectivity index (χ4n) is 3.45. The third kappa shape index (κ3) is 3.29. The zero-order valence-electron chi connectivity index (χ0n) is 15.3. The van der Waals surface area contributed by atoms with E-state index in [1.54, 1.807) is 0 Å². The standard InChI is InChI=1S/C21H20N6S/c28-21-26-25-19(15-10-11-15)27(21)13-12-22-20-23-17-9-5-4-8-16(17)18(24-20)14-6-2-1-3-7-14/h1-9,15H,10-13H2,(H,26,28)(H,22,23,24). The van der Waals surface area contributed by atoms with Gasteiger partial charge >= 0.3 is 0 Å². The smallest absolute Gasteiger partial charge is 0.223 e. The number of aromatic amines is 1. The third-order valence-electron chi connectivity index (χ3n) is 5.00. The van der Waals surface area contributed by atoms with Crippen LogP contribution in [0, 0.1) is 4.77 Å². The maximum absolute atomic E-state index is 5.38. The van der Waals surface area contributed by atoms with Gasteiger partial charge in [-0.3, -0.25) is 5.10 Å². The van der Waals surface area contributed by atoms with E-state index in [0.717, 1.165) is 34.5 Å². The molecule has 4 aromatic rings. The molecule has 1 fully saturated rings. The molecule has 0 spiro atoms. The van der Waals surface area contributed by atoms with Gasteiger partial charge in [-0.25, -0.2) is 9.97 Å². The quantitative estimate of drug-likeness (QED) is 0.475. The lowest BCUT2D eigenvalue weighted by Gasteiger charge is -2.11. The average molecular weight is 389 g/mol. The molecule has 0 unspecified atom stereocenters. The summed E-state index contributed by atoms with van der Waals surface area (Å²) in [6, 6.07) is 18.3. The second kappa shape index (κ2) is 7.16. The first-order chi connectivity index (χ1) is 13.8. The van der Waals surface area contributed by atoms with Crippen LogP contribution in [0.15, 0.2) is 54.6 Å². The number of nitrogens with zero attached hydrogens (tertiary/aromatic N) is 4. The van der Waals surface area contributed by atoms with Gasteiger partial charge in [-0.15, -0.1) is 0 Å². The van der Waals surface area contributed by atoms with E-state index >= 15 is 0 Å². The molecule has 7 heteroatoms. The minimum atomic E-state index is 0.551. The Balaban J connectivity index is 1.42. The molecule has 2 aromatic heterocycles. The number of fused-ring (bicyclic) bond motifs is 1. The van der Waals surface area contributed by atoms with Crippen LogP contribution < -0.4 is 5.32 Å². The van der Waals surface area contributed by atoms with Crippen molar-refractivity contribution in [2.75, 3.05) is 11.9 Å². The highest BCUT2D eigenvalue weighted by atomic mass is 32.1. The summed E-state index contributed by atoms with van der Waals surface area (Å²) in [5.74, 6) is 2.24. The summed E-state index contributed by atoms with van der Waals surface area (Å²) in [5, 5.41) is 11.7. The van der Waals surface area contributed by atoms with E-state index in [-0.39, 0.29) is 0 Å². The Kier molecular flexibility index (Phi) is 4.37. The maximum atomic E-state index is 5.38. The van der Waals surface area contributed by atoms with E-state index in [9.17, 15) is 0 Å². The lowest BCUT2D eigenvalue weighted by molar-refractivity contribution is 0.667. The molecule has 2 heterocycles. The molecule has 140 valence electrons. The van der Waals surface area contributed by atoms with E-state index in [1.165, 1.54) is 12.8 Å². The van der Waals surface area contributed by atoms with Gasteiger partial charge in [0.1, 0.15) is 5.82 Å². The zero-order valence-corrected chi connectivity index (χ0v) is 16.1. The Morgan fingerprint density at radius 3 is 2.64 bits per heavy atom. The predicted octanol–water partition coefficient (Wildman–Crippen LogP) is 4.54. The number of rotatable bonds is 6. The second-order valence-electron chi connectivity index (χ2n) is 7.02. The summed E-state index contributed by atoms with van der Waals surface area (Å²) in [6.07, 6.45) is 2.39. The van der Waals surface area contributed by atoms with Gasteiger partial charge in [-0.1, -0.05) is 48.5 Å². The molecule has 2 aromatic carbocycles. The van der Waals surface area contributed by atoms with Crippen molar-refractivity contribution in [3.8, 4) is 11.3 Å². The van der Waals surface area contributed by atoms with Gasteiger partial charge in [0.05, 0.1) is 11.2 Å². The number of para-hydroxylation sites is 1. The highest BCUT2D eigenvalue weighted by molar-refractivity contribution is 7.71. The van der Waals surface area contributed by atoms with Crippen LogP contribution in [0.1, 0.15) is 24.6 Å². The fourth-order valence-corrected chi connectivity index (χ4v) is 3.68. The maximum Gasteiger partial charge on any atom is 0.223 e. The van der Waals surface area contributed by atoms with Crippen molar-refractivity contribution < 1.29 is 0 Å². The van der Waals surface area contributed by atoms with Crippen LogP contribution in [0.4, 0.5) is 5.95 Å². The van der Waals surface area contributed by atoms with Crippen LogP contribution in [0.25, 0.3) is 22.2 Å². The van der Waals surface area contributed by atoms with Crippen LogP contribution in [-0.4, -0.2) is 31.3 Å². The molecule has 0 radical (unpaired) electrons.